The first-order valence-electron chi connectivity index (χ1n) is 4.66. The highest BCUT2D eigenvalue weighted by atomic mass is 32.2. The Balaban J connectivity index is 3.54. The van der Waals surface area contributed by atoms with Gasteiger partial charge in [0.2, 0.25) is 5.12 Å². The third-order valence-corrected chi connectivity index (χ3v) is 2.88. The molecule has 0 fully saturated rings. The monoisotopic (exact) mass is 201 g/mol. The molecule has 0 radical (unpaired) electrons. The van der Waals surface area contributed by atoms with Crippen molar-refractivity contribution in [2.75, 3.05) is 25.4 Å². The molecule has 0 rings (SSSR count). The second-order valence-corrected chi connectivity index (χ2v) is 4.01. The number of thioether (sulfide) groups is 1. The van der Waals surface area contributed by atoms with E-state index in [1.807, 2.05) is 0 Å². The SMILES string of the molecule is C=C(C)C(=O)SCCN(CC)CC. The first-order valence-corrected chi connectivity index (χ1v) is 5.65. The molecule has 0 spiro atoms. The maximum Gasteiger partial charge on any atom is 0.214 e. The Labute approximate surface area is 85.4 Å². The number of hydrogen-bond donors (Lipinski definition) is 0. The Hall–Kier alpha value is -0.280. The Morgan fingerprint density at radius 2 is 1.92 bits per heavy atom. The number of hydrogen-bond acceptors (Lipinski definition) is 3. The van der Waals surface area contributed by atoms with E-state index in [4.69, 9.17) is 0 Å². The van der Waals surface area contributed by atoms with Gasteiger partial charge >= 0.3 is 0 Å². The molecule has 0 N–H and O–H groups in total. The normalized spacial score (nSPS) is 10.5. The third-order valence-electron chi connectivity index (χ3n) is 1.88. The van der Waals surface area contributed by atoms with Crippen LogP contribution in [0.1, 0.15) is 20.8 Å². The minimum absolute atomic E-state index is 0.118. The molecule has 0 saturated carbocycles. The lowest BCUT2D eigenvalue weighted by Gasteiger charge is -2.16. The maximum atomic E-state index is 11.1. The Bertz CT molecular complexity index is 176. The van der Waals surface area contributed by atoms with Crippen LogP contribution in [0.2, 0.25) is 0 Å². The van der Waals surface area contributed by atoms with Crippen molar-refractivity contribution in [2.45, 2.75) is 20.8 Å². The standard InChI is InChI=1S/C10H19NOS/c1-5-11(6-2)7-8-13-10(12)9(3)4/h3,5-8H2,1-2,4H3. The van der Waals surface area contributed by atoms with Crippen LogP contribution in [-0.4, -0.2) is 35.4 Å². The predicted molar refractivity (Wildman–Crippen MR) is 60.1 cm³/mol. The van der Waals surface area contributed by atoms with Crippen molar-refractivity contribution in [2.24, 2.45) is 0 Å². The summed E-state index contributed by atoms with van der Waals surface area (Å²) in [7, 11) is 0. The van der Waals surface area contributed by atoms with Gasteiger partial charge in [0.15, 0.2) is 0 Å². The van der Waals surface area contributed by atoms with E-state index in [0.29, 0.717) is 5.57 Å². The van der Waals surface area contributed by atoms with Crippen molar-refractivity contribution in [3.8, 4) is 0 Å². The van der Waals surface area contributed by atoms with Crippen molar-refractivity contribution in [3.05, 3.63) is 12.2 Å². The fourth-order valence-corrected chi connectivity index (χ4v) is 1.71. The molecule has 0 saturated heterocycles. The largest absolute Gasteiger partial charge is 0.303 e. The lowest BCUT2D eigenvalue weighted by atomic mass is 10.4. The van der Waals surface area contributed by atoms with E-state index in [1.54, 1.807) is 6.92 Å². The summed E-state index contributed by atoms with van der Waals surface area (Å²) in [6.45, 7) is 12.7. The van der Waals surface area contributed by atoms with Gasteiger partial charge in [-0.15, -0.1) is 0 Å². The van der Waals surface area contributed by atoms with Crippen LogP contribution in [0.15, 0.2) is 12.2 Å². The van der Waals surface area contributed by atoms with Gasteiger partial charge in [0.25, 0.3) is 0 Å². The van der Waals surface area contributed by atoms with Crippen LogP contribution in [0.4, 0.5) is 0 Å². The van der Waals surface area contributed by atoms with Gasteiger partial charge in [-0.3, -0.25) is 4.79 Å². The smallest absolute Gasteiger partial charge is 0.214 e. The maximum absolute atomic E-state index is 11.1. The quantitative estimate of drug-likeness (QED) is 0.614. The van der Waals surface area contributed by atoms with Crippen LogP contribution in [0, 0.1) is 0 Å². The molecule has 0 aliphatic carbocycles. The van der Waals surface area contributed by atoms with Crippen LogP contribution in [0.5, 0.6) is 0 Å². The fourth-order valence-electron chi connectivity index (χ4n) is 0.930. The lowest BCUT2D eigenvalue weighted by Crippen LogP contribution is -2.25. The van der Waals surface area contributed by atoms with Crippen molar-refractivity contribution < 1.29 is 4.79 Å². The van der Waals surface area contributed by atoms with Gasteiger partial charge < -0.3 is 4.90 Å². The van der Waals surface area contributed by atoms with Crippen LogP contribution in [0.25, 0.3) is 0 Å². The first-order chi connectivity index (χ1) is 6.11. The molecule has 0 aliphatic heterocycles. The molecule has 3 heteroatoms. The fraction of sp³-hybridized carbons (Fsp3) is 0.700. The zero-order valence-corrected chi connectivity index (χ0v) is 9.62. The highest BCUT2D eigenvalue weighted by molar-refractivity contribution is 8.14. The second-order valence-electron chi connectivity index (χ2n) is 2.94. The van der Waals surface area contributed by atoms with E-state index in [9.17, 15) is 4.79 Å². The molecule has 13 heavy (non-hydrogen) atoms. The third kappa shape index (κ3) is 5.88. The Morgan fingerprint density at radius 3 is 2.31 bits per heavy atom. The van der Waals surface area contributed by atoms with E-state index in [-0.39, 0.29) is 5.12 Å². The summed E-state index contributed by atoms with van der Waals surface area (Å²) >= 11 is 1.36. The predicted octanol–water partition coefficient (Wildman–Crippen LogP) is 2.16. The van der Waals surface area contributed by atoms with E-state index >= 15 is 0 Å². The highest BCUT2D eigenvalue weighted by Gasteiger charge is 2.04. The average molecular weight is 201 g/mol. The van der Waals surface area contributed by atoms with Crippen LogP contribution >= 0.6 is 11.8 Å². The molecule has 0 bridgehead atoms. The molecule has 0 aromatic rings. The van der Waals surface area contributed by atoms with Crippen molar-refractivity contribution >= 4 is 16.9 Å². The molecule has 2 nitrogen and oxygen atoms in total. The number of carbonyl (C=O) groups is 1. The second kappa shape index (κ2) is 7.15. The van der Waals surface area contributed by atoms with Crippen LogP contribution < -0.4 is 0 Å². The Morgan fingerprint density at radius 1 is 1.38 bits per heavy atom. The zero-order chi connectivity index (χ0) is 10.3. The summed E-state index contributed by atoms with van der Waals surface area (Å²) < 4.78 is 0. The molecular weight excluding hydrogens is 182 g/mol. The van der Waals surface area contributed by atoms with E-state index in [0.717, 1.165) is 25.4 Å². The molecule has 0 heterocycles. The molecule has 0 atom stereocenters. The van der Waals surface area contributed by atoms with Gasteiger partial charge in [-0.05, 0) is 25.6 Å². The summed E-state index contributed by atoms with van der Waals surface area (Å²) in [4.78, 5) is 13.5. The van der Waals surface area contributed by atoms with Crippen LogP contribution in [-0.2, 0) is 4.79 Å². The lowest BCUT2D eigenvalue weighted by molar-refractivity contribution is -0.107. The molecule has 0 aliphatic rings. The van der Waals surface area contributed by atoms with Gasteiger partial charge in [0.1, 0.15) is 0 Å². The van der Waals surface area contributed by atoms with Gasteiger partial charge in [-0.1, -0.05) is 32.2 Å². The molecule has 76 valence electrons. The summed E-state index contributed by atoms with van der Waals surface area (Å²) in [6.07, 6.45) is 0. The minimum atomic E-state index is 0.118. The zero-order valence-electron chi connectivity index (χ0n) is 8.80. The van der Waals surface area contributed by atoms with Crippen molar-refractivity contribution in [1.29, 1.82) is 0 Å². The van der Waals surface area contributed by atoms with Gasteiger partial charge in [0.05, 0.1) is 0 Å². The topological polar surface area (TPSA) is 20.3 Å². The molecule has 0 aromatic carbocycles. The van der Waals surface area contributed by atoms with E-state index in [2.05, 4.69) is 25.3 Å². The molecule has 0 unspecified atom stereocenters. The van der Waals surface area contributed by atoms with Gasteiger partial charge in [-0.2, -0.15) is 0 Å². The van der Waals surface area contributed by atoms with Crippen molar-refractivity contribution in [3.63, 3.8) is 0 Å². The summed E-state index contributed by atoms with van der Waals surface area (Å²) in [5.41, 5.74) is 0.643. The first kappa shape index (κ1) is 12.7. The molecule has 0 aromatic heterocycles. The minimum Gasteiger partial charge on any atom is -0.303 e. The average Bonchev–Trinajstić information content (AvgIpc) is 2.12. The summed E-state index contributed by atoms with van der Waals surface area (Å²) in [5, 5.41) is 0.118. The van der Waals surface area contributed by atoms with E-state index in [1.165, 1.54) is 11.8 Å². The number of rotatable bonds is 6. The summed E-state index contributed by atoms with van der Waals surface area (Å²) in [5.74, 6) is 0.868. The number of carbonyl (C=O) groups excluding carboxylic acids is 1. The molecule has 0 amide bonds. The summed E-state index contributed by atoms with van der Waals surface area (Å²) in [6, 6.07) is 0. The highest BCUT2D eigenvalue weighted by Crippen LogP contribution is 2.08. The number of nitrogens with zero attached hydrogens (tertiary/aromatic N) is 1. The van der Waals surface area contributed by atoms with E-state index < -0.39 is 0 Å². The van der Waals surface area contributed by atoms with Gasteiger partial charge in [0, 0.05) is 12.3 Å². The van der Waals surface area contributed by atoms with Crippen LogP contribution in [0.3, 0.4) is 0 Å². The van der Waals surface area contributed by atoms with Crippen molar-refractivity contribution in [1.82, 2.24) is 4.90 Å². The Kier molecular flexibility index (Phi) is 7.00. The van der Waals surface area contributed by atoms with Gasteiger partial charge in [-0.25, -0.2) is 0 Å². The molecular formula is C10H19NOS.